The molecule has 0 aliphatic rings. The summed E-state index contributed by atoms with van der Waals surface area (Å²) in [6.45, 7) is 0. The fraction of sp³-hybridized carbons (Fsp3) is 0. The summed E-state index contributed by atoms with van der Waals surface area (Å²) in [4.78, 5) is 3.74. The van der Waals surface area contributed by atoms with Crippen molar-refractivity contribution in [3.8, 4) is 0 Å². The number of thiazole rings is 1. The summed E-state index contributed by atoms with van der Waals surface area (Å²) in [6, 6.07) is 0. The van der Waals surface area contributed by atoms with Gasteiger partial charge in [0.2, 0.25) is 0 Å². The molecule has 0 saturated heterocycles. The van der Waals surface area contributed by atoms with Gasteiger partial charge in [-0.05, 0) is 0 Å². The van der Waals surface area contributed by atoms with Gasteiger partial charge in [-0.2, -0.15) is 24.2 Å². The van der Waals surface area contributed by atoms with Gasteiger partial charge in [-0.1, -0.05) is 10.3 Å². The highest BCUT2D eigenvalue weighted by Gasteiger charge is 1.62. The van der Waals surface area contributed by atoms with Crippen LogP contribution in [0.3, 0.4) is 0 Å². The molecule has 0 bridgehead atoms. The quantitative estimate of drug-likeness (QED) is 0.413. The minimum Gasteiger partial charge on any atom is -0.253 e. The van der Waals surface area contributed by atoms with E-state index in [0.29, 0.717) is 0 Å². The summed E-state index contributed by atoms with van der Waals surface area (Å²) in [5.41, 5.74) is 5.15. The van der Waals surface area contributed by atoms with Crippen LogP contribution in [0.2, 0.25) is 0 Å². The van der Waals surface area contributed by atoms with Gasteiger partial charge in [-0.25, -0.2) is 4.63 Å². The summed E-state index contributed by atoms with van der Waals surface area (Å²) in [7, 11) is 0. The van der Waals surface area contributed by atoms with E-state index in [2.05, 4.69) is 54.3 Å². The molecule has 1 N–H and O–H groups in total. The van der Waals surface area contributed by atoms with Crippen LogP contribution in [0.4, 0.5) is 0 Å². The standard InChI is InChI=1S/C3H3NS.C2H3N3.C2H2N2O.2C2H2N2S/c1-2-5-3-4-1;2*1-2-4-5-3-1;1-3-4-2-5-1;1-2-4-5-3-1/h1-3H;1-2H,(H,3,4,5);3*1-2H. The predicted octanol–water partition coefficient (Wildman–Crippen LogP) is 2.09. The first-order chi connectivity index (χ1) is 12.5. The Labute approximate surface area is 154 Å². The Hall–Kier alpha value is -2.97. The molecule has 0 spiro atoms. The number of aromatic nitrogens is 10. The number of aromatic amines is 1. The molecular formula is C11H12N10OS3. The van der Waals surface area contributed by atoms with Crippen LogP contribution in [0, 0.1) is 0 Å². The maximum Gasteiger partial charge on any atom is 0.103 e. The smallest absolute Gasteiger partial charge is 0.103 e. The molecule has 0 unspecified atom stereocenters. The van der Waals surface area contributed by atoms with Crippen molar-refractivity contribution in [1.29, 1.82) is 0 Å². The summed E-state index contributed by atoms with van der Waals surface area (Å²) < 4.78 is 11.4. The maximum absolute atomic E-state index is 4.08. The van der Waals surface area contributed by atoms with Crippen LogP contribution >= 0.6 is 34.4 Å². The Morgan fingerprint density at radius 2 is 1.36 bits per heavy atom. The Kier molecular flexibility index (Phi) is 14.0. The van der Waals surface area contributed by atoms with Crippen molar-refractivity contribution >= 4 is 34.4 Å². The van der Waals surface area contributed by atoms with Crippen molar-refractivity contribution in [3.63, 3.8) is 0 Å². The summed E-state index contributed by atoms with van der Waals surface area (Å²) >= 11 is 4.31. The molecule has 0 atom stereocenters. The first kappa shape index (κ1) is 20.1. The lowest BCUT2D eigenvalue weighted by Crippen LogP contribution is -1.61. The Morgan fingerprint density at radius 3 is 1.56 bits per heavy atom. The lowest BCUT2D eigenvalue weighted by molar-refractivity contribution is 0.307. The van der Waals surface area contributed by atoms with Crippen molar-refractivity contribution in [1.82, 2.24) is 49.7 Å². The third-order valence-corrected chi connectivity index (χ3v) is 2.91. The SMILES string of the molecule is c1cn[nH]n1.c1cnon1.c1cnsn1.c1cscn1.c1nncs1. The Bertz CT molecular complexity index is 475. The molecule has 5 aromatic rings. The number of hydrogen-bond acceptors (Lipinski definition) is 13. The third kappa shape index (κ3) is 15.7. The van der Waals surface area contributed by atoms with E-state index in [9.17, 15) is 0 Å². The van der Waals surface area contributed by atoms with Gasteiger partial charge in [0.15, 0.2) is 0 Å². The Morgan fingerprint density at radius 1 is 0.680 bits per heavy atom. The number of H-pyrrole nitrogens is 1. The molecule has 130 valence electrons. The monoisotopic (exact) mass is 396 g/mol. The summed E-state index contributed by atoms with van der Waals surface area (Å²) in [5, 5.41) is 24.7. The van der Waals surface area contributed by atoms with E-state index in [1.165, 1.54) is 35.5 Å². The topological polar surface area (TPSA) is 145 Å². The molecule has 5 rings (SSSR count). The summed E-state index contributed by atoms with van der Waals surface area (Å²) in [6.07, 6.45) is 11.2. The van der Waals surface area contributed by atoms with Crippen LogP contribution in [0.5, 0.6) is 0 Å². The van der Waals surface area contributed by atoms with Crippen LogP contribution < -0.4 is 0 Å². The molecule has 5 heterocycles. The predicted molar refractivity (Wildman–Crippen MR) is 92.6 cm³/mol. The largest absolute Gasteiger partial charge is 0.253 e. The second-order valence-corrected chi connectivity index (χ2v) is 5.13. The number of hydrogen-bond donors (Lipinski definition) is 1. The highest BCUT2D eigenvalue weighted by Crippen LogP contribution is 1.86. The third-order valence-electron chi connectivity index (χ3n) is 1.53. The van der Waals surface area contributed by atoms with Gasteiger partial charge in [0, 0.05) is 11.6 Å². The first-order valence-corrected chi connectivity index (χ1v) is 8.85. The van der Waals surface area contributed by atoms with Crippen LogP contribution in [0.25, 0.3) is 0 Å². The fourth-order valence-corrected chi connectivity index (χ4v) is 1.65. The average Bonchev–Trinajstić information content (AvgIpc) is 3.55. The van der Waals surface area contributed by atoms with Crippen molar-refractivity contribution in [3.05, 3.63) is 65.3 Å². The average molecular weight is 396 g/mol. The van der Waals surface area contributed by atoms with Crippen LogP contribution in [0.1, 0.15) is 0 Å². The Balaban J connectivity index is 0.000000156. The molecule has 25 heavy (non-hydrogen) atoms. The van der Waals surface area contributed by atoms with E-state index in [1.807, 2.05) is 5.38 Å². The minimum absolute atomic E-state index is 1.21. The normalized spacial score (nSPS) is 8.00. The molecule has 11 nitrogen and oxygen atoms in total. The zero-order valence-electron chi connectivity index (χ0n) is 12.5. The van der Waals surface area contributed by atoms with Gasteiger partial charge in [0.05, 0.1) is 54.4 Å². The zero-order valence-corrected chi connectivity index (χ0v) is 15.0. The van der Waals surface area contributed by atoms with Crippen LogP contribution in [0.15, 0.2) is 69.9 Å². The summed E-state index contributed by atoms with van der Waals surface area (Å²) in [5.74, 6) is 0. The van der Waals surface area contributed by atoms with Crippen LogP contribution in [-0.4, -0.2) is 49.7 Å². The van der Waals surface area contributed by atoms with E-state index < -0.39 is 0 Å². The molecule has 14 heteroatoms. The highest BCUT2D eigenvalue weighted by molar-refractivity contribution is 7.07. The fourth-order valence-electron chi connectivity index (χ4n) is 0.751. The van der Waals surface area contributed by atoms with Crippen molar-refractivity contribution in [2.75, 3.05) is 0 Å². The molecule has 0 saturated carbocycles. The van der Waals surface area contributed by atoms with Crippen molar-refractivity contribution in [2.24, 2.45) is 0 Å². The van der Waals surface area contributed by atoms with Gasteiger partial charge >= 0.3 is 0 Å². The lowest BCUT2D eigenvalue weighted by Gasteiger charge is -1.48. The molecular weight excluding hydrogens is 384 g/mol. The van der Waals surface area contributed by atoms with E-state index in [0.717, 1.165) is 0 Å². The lowest BCUT2D eigenvalue weighted by atomic mass is 11.0. The second kappa shape index (κ2) is 17.4. The van der Waals surface area contributed by atoms with E-state index in [1.54, 1.807) is 58.9 Å². The number of nitrogens with one attached hydrogen (secondary N) is 1. The number of rotatable bonds is 0. The maximum atomic E-state index is 4.08. The minimum atomic E-state index is 1.21. The van der Waals surface area contributed by atoms with E-state index >= 15 is 0 Å². The molecule has 0 aromatic carbocycles. The van der Waals surface area contributed by atoms with Crippen LogP contribution in [-0.2, 0) is 0 Å². The molecule has 5 aromatic heterocycles. The van der Waals surface area contributed by atoms with Gasteiger partial charge in [-0.3, -0.25) is 4.98 Å². The van der Waals surface area contributed by atoms with Gasteiger partial charge in [-0.15, -0.1) is 32.9 Å². The van der Waals surface area contributed by atoms with Gasteiger partial charge in [0.1, 0.15) is 11.0 Å². The molecule has 0 aliphatic carbocycles. The van der Waals surface area contributed by atoms with E-state index in [4.69, 9.17) is 0 Å². The van der Waals surface area contributed by atoms with E-state index in [-0.39, 0.29) is 0 Å². The van der Waals surface area contributed by atoms with Crippen molar-refractivity contribution < 1.29 is 4.63 Å². The molecule has 0 aliphatic heterocycles. The second-order valence-electron chi connectivity index (χ2n) is 3.09. The zero-order chi connectivity index (χ0) is 17.7. The molecule has 0 radical (unpaired) electrons. The number of nitrogens with zero attached hydrogens (tertiary/aromatic N) is 9. The highest BCUT2D eigenvalue weighted by atomic mass is 32.1. The molecule has 0 fully saturated rings. The van der Waals surface area contributed by atoms with Crippen molar-refractivity contribution in [2.45, 2.75) is 0 Å². The molecule has 0 amide bonds. The van der Waals surface area contributed by atoms with Gasteiger partial charge in [0.25, 0.3) is 0 Å². The van der Waals surface area contributed by atoms with Gasteiger partial charge < -0.3 is 0 Å². The first-order valence-electron chi connectivity index (χ1n) is 6.24.